The Morgan fingerprint density at radius 2 is 2.18 bits per heavy atom. The van der Waals surface area contributed by atoms with Crippen molar-refractivity contribution in [2.45, 2.75) is 0 Å². The molecule has 1 rings (SSSR count). The number of anilines is 2. The fourth-order valence-electron chi connectivity index (χ4n) is 0.589. The monoisotopic (exact) mass is 156 g/mol. The molecular formula is C4H8N6O. The topological polar surface area (TPSA) is 128 Å². The quantitative estimate of drug-likeness (QED) is 0.197. The highest BCUT2D eigenvalue weighted by Crippen LogP contribution is 1.97. The van der Waals surface area contributed by atoms with Gasteiger partial charge in [-0.15, -0.1) is 4.73 Å². The van der Waals surface area contributed by atoms with Crippen LogP contribution in [-0.2, 0) is 0 Å². The first-order valence-electron chi connectivity index (χ1n) is 2.73. The molecule has 1 aromatic heterocycles. The predicted molar refractivity (Wildman–Crippen MR) is 38.0 cm³/mol. The largest absolute Gasteiger partial charge is 0.424 e. The Morgan fingerprint density at radius 1 is 1.55 bits per heavy atom. The Morgan fingerprint density at radius 3 is 2.64 bits per heavy atom. The number of nitrogen functional groups attached to an aromatic ring is 2. The molecule has 60 valence electrons. The number of nitrogens with zero attached hydrogens (tertiary/aromatic N) is 3. The summed E-state index contributed by atoms with van der Waals surface area (Å²) in [6, 6.07) is 1.29. The Balaban J connectivity index is 3.45. The van der Waals surface area contributed by atoms with Crippen LogP contribution >= 0.6 is 0 Å². The first-order valence-corrected chi connectivity index (χ1v) is 2.73. The number of nitrogens with two attached hydrogens (primary N) is 3. The Bertz CT molecular complexity index is 302. The molecule has 0 radical (unpaired) electrons. The highest BCUT2D eigenvalue weighted by atomic mass is 16.5. The van der Waals surface area contributed by atoms with Crippen LogP contribution in [0.4, 0.5) is 11.8 Å². The standard InChI is InChI=1S/C4H8N6O/c5-2-1-3(9-7)8-4(6)10(2)11/h1,11H,5,7H2,(H2,6,8,9). The van der Waals surface area contributed by atoms with E-state index in [1.54, 1.807) is 0 Å². The van der Waals surface area contributed by atoms with Crippen LogP contribution in [0.15, 0.2) is 11.2 Å². The summed E-state index contributed by atoms with van der Waals surface area (Å²) >= 11 is 0. The van der Waals surface area contributed by atoms with Gasteiger partial charge < -0.3 is 22.5 Å². The van der Waals surface area contributed by atoms with Gasteiger partial charge in [0.2, 0.25) is 5.95 Å². The molecule has 1 aromatic rings. The van der Waals surface area contributed by atoms with Gasteiger partial charge in [0, 0.05) is 6.07 Å². The number of hydrogen-bond acceptors (Lipinski definition) is 6. The maximum absolute atomic E-state index is 8.95. The molecule has 0 fully saturated rings. The normalized spacial score (nSPS) is 11.8. The van der Waals surface area contributed by atoms with Gasteiger partial charge in [0.25, 0.3) is 0 Å². The highest BCUT2D eigenvalue weighted by molar-refractivity contribution is 5.33. The molecule has 0 saturated heterocycles. The van der Waals surface area contributed by atoms with Crippen molar-refractivity contribution < 1.29 is 5.21 Å². The fraction of sp³-hybridized carbons (Fsp3) is 0. The molecule has 0 bridgehead atoms. The number of aromatic nitrogens is 2. The average molecular weight is 156 g/mol. The second-order valence-electron chi connectivity index (χ2n) is 1.84. The maximum Gasteiger partial charge on any atom is 0.238 e. The lowest BCUT2D eigenvalue weighted by molar-refractivity contribution is 0.194. The van der Waals surface area contributed by atoms with E-state index in [1.165, 1.54) is 6.07 Å². The minimum absolute atomic E-state index is 0.0294. The van der Waals surface area contributed by atoms with E-state index in [1.807, 2.05) is 0 Å². The smallest absolute Gasteiger partial charge is 0.238 e. The molecular weight excluding hydrogens is 148 g/mol. The minimum Gasteiger partial charge on any atom is -0.424 e. The minimum atomic E-state index is -0.158. The third-order valence-corrected chi connectivity index (χ3v) is 1.10. The summed E-state index contributed by atoms with van der Waals surface area (Å²) in [7, 11) is 0. The summed E-state index contributed by atoms with van der Waals surface area (Å²) in [4.78, 5) is 3.57. The van der Waals surface area contributed by atoms with Crippen molar-refractivity contribution in [3.63, 3.8) is 0 Å². The van der Waals surface area contributed by atoms with E-state index >= 15 is 0 Å². The van der Waals surface area contributed by atoms with E-state index in [-0.39, 0.29) is 17.3 Å². The van der Waals surface area contributed by atoms with E-state index in [9.17, 15) is 0 Å². The summed E-state index contributed by atoms with van der Waals surface area (Å²) in [5.74, 6) is 4.77. The van der Waals surface area contributed by atoms with Crippen LogP contribution in [0.2, 0.25) is 0 Å². The van der Waals surface area contributed by atoms with Crippen LogP contribution in [0, 0.1) is 0 Å². The Hall–Kier alpha value is -1.92. The molecule has 0 spiro atoms. The van der Waals surface area contributed by atoms with Gasteiger partial charge in [-0.1, -0.05) is 0 Å². The zero-order chi connectivity index (χ0) is 8.43. The van der Waals surface area contributed by atoms with Gasteiger partial charge in [-0.2, -0.15) is 10.1 Å². The van der Waals surface area contributed by atoms with Crippen molar-refractivity contribution in [2.24, 2.45) is 10.9 Å². The van der Waals surface area contributed by atoms with Crippen LogP contribution in [0.3, 0.4) is 0 Å². The van der Waals surface area contributed by atoms with Crippen LogP contribution in [0.25, 0.3) is 0 Å². The molecule has 0 atom stereocenters. The van der Waals surface area contributed by atoms with Gasteiger partial charge in [-0.05, 0) is 0 Å². The van der Waals surface area contributed by atoms with Crippen LogP contribution in [0.5, 0.6) is 0 Å². The summed E-state index contributed by atoms with van der Waals surface area (Å²) < 4.78 is 0.536. The molecule has 0 aliphatic heterocycles. The predicted octanol–water partition coefficient (Wildman–Crippen LogP) is -1.94. The molecule has 0 unspecified atom stereocenters. The Labute approximate surface area is 61.7 Å². The van der Waals surface area contributed by atoms with E-state index in [0.717, 1.165) is 0 Å². The summed E-state index contributed by atoms with van der Waals surface area (Å²) in [6.07, 6.45) is 0. The molecule has 0 aliphatic rings. The molecule has 7 nitrogen and oxygen atoms in total. The van der Waals surface area contributed by atoms with Crippen molar-refractivity contribution in [2.75, 3.05) is 11.5 Å². The highest BCUT2D eigenvalue weighted by Gasteiger charge is 1.98. The zero-order valence-electron chi connectivity index (χ0n) is 5.60. The van der Waals surface area contributed by atoms with E-state index in [2.05, 4.69) is 10.1 Å². The second kappa shape index (κ2) is 2.37. The second-order valence-corrected chi connectivity index (χ2v) is 1.84. The molecule has 0 amide bonds. The van der Waals surface area contributed by atoms with Crippen molar-refractivity contribution >= 4 is 11.8 Å². The fourth-order valence-corrected chi connectivity index (χ4v) is 0.589. The van der Waals surface area contributed by atoms with Gasteiger partial charge in [0.05, 0.1) is 0 Å². The van der Waals surface area contributed by atoms with Gasteiger partial charge in [0.1, 0.15) is 5.82 Å². The molecule has 1 heterocycles. The summed E-state index contributed by atoms with van der Waals surface area (Å²) in [5.41, 5.74) is 10.6. The zero-order valence-corrected chi connectivity index (χ0v) is 5.60. The third kappa shape index (κ3) is 1.16. The van der Waals surface area contributed by atoms with E-state index in [4.69, 9.17) is 22.5 Å². The van der Waals surface area contributed by atoms with Gasteiger partial charge in [-0.3, -0.25) is 0 Å². The maximum atomic E-state index is 8.95. The third-order valence-electron chi connectivity index (χ3n) is 1.10. The first-order chi connectivity index (χ1) is 5.15. The van der Waals surface area contributed by atoms with Crippen molar-refractivity contribution in [1.82, 2.24) is 9.71 Å². The van der Waals surface area contributed by atoms with E-state index in [0.29, 0.717) is 4.73 Å². The lowest BCUT2D eigenvalue weighted by atomic mass is 10.6. The first kappa shape index (κ1) is 7.19. The van der Waals surface area contributed by atoms with Gasteiger partial charge in [0.15, 0.2) is 5.49 Å². The number of rotatable bonds is 0. The molecule has 0 aromatic carbocycles. The molecule has 7 heteroatoms. The van der Waals surface area contributed by atoms with Gasteiger partial charge >= 0.3 is 0 Å². The molecule has 0 aliphatic carbocycles. The van der Waals surface area contributed by atoms with Gasteiger partial charge in [-0.25, -0.2) is 0 Å². The molecule has 7 N–H and O–H groups in total. The van der Waals surface area contributed by atoms with Crippen molar-refractivity contribution in [3.05, 3.63) is 11.6 Å². The van der Waals surface area contributed by atoms with Crippen LogP contribution in [0.1, 0.15) is 0 Å². The summed E-state index contributed by atoms with van der Waals surface area (Å²) in [6.45, 7) is 0. The SMILES string of the molecule is NN=c1cc(N)n(O)c(N)n1. The van der Waals surface area contributed by atoms with Crippen LogP contribution in [-0.4, -0.2) is 14.9 Å². The lowest BCUT2D eigenvalue weighted by Crippen LogP contribution is -2.20. The van der Waals surface area contributed by atoms with Crippen molar-refractivity contribution in [3.8, 4) is 0 Å². The number of hydrogen-bond donors (Lipinski definition) is 4. The molecule has 11 heavy (non-hydrogen) atoms. The average Bonchev–Trinajstić information content (AvgIpc) is 1.99. The van der Waals surface area contributed by atoms with Crippen LogP contribution < -0.4 is 22.8 Å². The van der Waals surface area contributed by atoms with E-state index < -0.39 is 0 Å². The van der Waals surface area contributed by atoms with Crippen molar-refractivity contribution in [1.29, 1.82) is 0 Å². The lowest BCUT2D eigenvalue weighted by Gasteiger charge is -2.02. The Kier molecular flexibility index (Phi) is 1.55. The molecule has 0 saturated carbocycles. The summed E-state index contributed by atoms with van der Waals surface area (Å²) in [5, 5.41) is 12.2.